The summed E-state index contributed by atoms with van der Waals surface area (Å²) in [5.74, 6) is -0.356. The van der Waals surface area contributed by atoms with E-state index in [4.69, 9.17) is 0 Å². The minimum absolute atomic E-state index is 0.178. The van der Waals surface area contributed by atoms with Gasteiger partial charge in [0.1, 0.15) is 0 Å². The maximum Gasteiger partial charge on any atom is 0.193 e. The van der Waals surface area contributed by atoms with Gasteiger partial charge >= 0.3 is 0 Å². The minimum atomic E-state index is -0.178. The quantitative estimate of drug-likeness (QED) is 0.170. The Bertz CT molecular complexity index is 1390. The van der Waals surface area contributed by atoms with Crippen molar-refractivity contribution in [3.63, 3.8) is 0 Å². The standard InChI is InChI=1S/C28H16Br2O2/c29-25-19-13-7-8-14-20(19)26(30)22-16-24(28(32)18-11-5-2-6-12-18)23(15-21(22)25)27(31)17-9-3-1-4-10-17/h1-16H. The molecule has 0 aliphatic rings. The van der Waals surface area contributed by atoms with E-state index in [9.17, 15) is 9.59 Å². The van der Waals surface area contributed by atoms with Gasteiger partial charge in [-0.3, -0.25) is 9.59 Å². The van der Waals surface area contributed by atoms with Gasteiger partial charge in [0, 0.05) is 31.2 Å². The molecule has 0 unspecified atom stereocenters. The largest absolute Gasteiger partial charge is 0.289 e. The van der Waals surface area contributed by atoms with Crippen molar-refractivity contribution in [2.75, 3.05) is 0 Å². The summed E-state index contributed by atoms with van der Waals surface area (Å²) in [6.07, 6.45) is 0. The zero-order valence-electron chi connectivity index (χ0n) is 16.8. The molecule has 5 rings (SSSR count). The smallest absolute Gasteiger partial charge is 0.193 e. The average Bonchev–Trinajstić information content (AvgIpc) is 2.86. The Labute approximate surface area is 202 Å². The van der Waals surface area contributed by atoms with E-state index in [0.29, 0.717) is 22.3 Å². The first-order chi connectivity index (χ1) is 15.6. The SMILES string of the molecule is O=C(c1ccccc1)c1cc2c(Br)c3ccccc3c(Br)c2cc1C(=O)c1ccccc1. The highest BCUT2D eigenvalue weighted by Crippen LogP contribution is 2.41. The normalized spacial score (nSPS) is 11.1. The Morgan fingerprint density at radius 1 is 0.469 bits per heavy atom. The van der Waals surface area contributed by atoms with Gasteiger partial charge < -0.3 is 0 Å². The highest BCUT2D eigenvalue weighted by molar-refractivity contribution is 9.11. The van der Waals surface area contributed by atoms with Crippen molar-refractivity contribution in [3.05, 3.63) is 128 Å². The number of halogens is 2. The van der Waals surface area contributed by atoms with Gasteiger partial charge in [0.15, 0.2) is 11.6 Å². The summed E-state index contributed by atoms with van der Waals surface area (Å²) in [6, 6.07) is 29.8. The summed E-state index contributed by atoms with van der Waals surface area (Å²) in [5, 5.41) is 3.82. The molecule has 0 N–H and O–H groups in total. The first-order valence-corrected chi connectivity index (χ1v) is 11.7. The molecule has 0 aliphatic heterocycles. The van der Waals surface area contributed by atoms with Crippen LogP contribution in [-0.4, -0.2) is 11.6 Å². The van der Waals surface area contributed by atoms with Crippen LogP contribution < -0.4 is 0 Å². The number of carbonyl (C=O) groups excluding carboxylic acids is 2. The van der Waals surface area contributed by atoms with E-state index in [1.165, 1.54) is 0 Å². The fraction of sp³-hybridized carbons (Fsp3) is 0. The van der Waals surface area contributed by atoms with Crippen LogP contribution in [0.15, 0.2) is 106 Å². The van der Waals surface area contributed by atoms with Crippen LogP contribution in [0, 0.1) is 0 Å². The Hall–Kier alpha value is -3.08. The lowest BCUT2D eigenvalue weighted by atomic mass is 9.90. The molecule has 2 nitrogen and oxygen atoms in total. The Morgan fingerprint density at radius 3 is 1.19 bits per heavy atom. The van der Waals surface area contributed by atoms with Crippen LogP contribution in [-0.2, 0) is 0 Å². The van der Waals surface area contributed by atoms with Crippen LogP contribution >= 0.6 is 31.9 Å². The summed E-state index contributed by atoms with van der Waals surface area (Å²) in [5.41, 5.74) is 1.87. The second-order valence-electron chi connectivity index (χ2n) is 7.51. The molecule has 0 radical (unpaired) electrons. The molecule has 32 heavy (non-hydrogen) atoms. The highest BCUT2D eigenvalue weighted by atomic mass is 79.9. The van der Waals surface area contributed by atoms with Crippen LogP contribution in [0.1, 0.15) is 31.8 Å². The molecule has 0 fully saturated rings. The fourth-order valence-corrected chi connectivity index (χ4v) is 5.33. The minimum Gasteiger partial charge on any atom is -0.289 e. The molecule has 5 aromatic rings. The highest BCUT2D eigenvalue weighted by Gasteiger charge is 2.23. The summed E-state index contributed by atoms with van der Waals surface area (Å²) in [7, 11) is 0. The molecule has 0 spiro atoms. The predicted octanol–water partition coefficient (Wildman–Crippen LogP) is 7.98. The Balaban J connectivity index is 1.85. The van der Waals surface area contributed by atoms with Crippen LogP contribution in [0.5, 0.6) is 0 Å². The molecule has 0 heterocycles. The third-order valence-corrected chi connectivity index (χ3v) is 7.30. The van der Waals surface area contributed by atoms with Crippen LogP contribution in [0.3, 0.4) is 0 Å². The summed E-state index contributed by atoms with van der Waals surface area (Å²) < 4.78 is 1.79. The van der Waals surface area contributed by atoms with Crippen molar-refractivity contribution >= 4 is 65.0 Å². The summed E-state index contributed by atoms with van der Waals surface area (Å²) >= 11 is 7.49. The average molecular weight is 544 g/mol. The van der Waals surface area contributed by atoms with Crippen molar-refractivity contribution in [2.45, 2.75) is 0 Å². The zero-order chi connectivity index (χ0) is 22.2. The van der Waals surface area contributed by atoms with Crippen LogP contribution in [0.2, 0.25) is 0 Å². The van der Waals surface area contributed by atoms with Gasteiger partial charge in [0.2, 0.25) is 0 Å². The van der Waals surface area contributed by atoms with Gasteiger partial charge in [-0.05, 0) is 65.5 Å². The number of hydrogen-bond acceptors (Lipinski definition) is 2. The van der Waals surface area contributed by atoms with Crippen molar-refractivity contribution in [1.82, 2.24) is 0 Å². The zero-order valence-corrected chi connectivity index (χ0v) is 20.0. The summed E-state index contributed by atoms with van der Waals surface area (Å²) in [4.78, 5) is 27.1. The first-order valence-electron chi connectivity index (χ1n) is 10.1. The molecule has 5 aromatic carbocycles. The number of rotatable bonds is 4. The molecule has 0 atom stereocenters. The Morgan fingerprint density at radius 2 is 0.812 bits per heavy atom. The molecular weight excluding hydrogens is 528 g/mol. The van der Waals surface area contributed by atoms with Gasteiger partial charge in [0.05, 0.1) is 0 Å². The van der Waals surface area contributed by atoms with E-state index in [2.05, 4.69) is 31.9 Å². The monoisotopic (exact) mass is 542 g/mol. The van der Waals surface area contributed by atoms with E-state index >= 15 is 0 Å². The van der Waals surface area contributed by atoms with E-state index in [-0.39, 0.29) is 11.6 Å². The molecule has 0 saturated heterocycles. The third-order valence-electron chi connectivity index (χ3n) is 5.59. The van der Waals surface area contributed by atoms with Gasteiger partial charge in [-0.15, -0.1) is 0 Å². The van der Waals surface area contributed by atoms with Crippen LogP contribution in [0.4, 0.5) is 0 Å². The first kappa shape index (κ1) is 20.8. The predicted molar refractivity (Wildman–Crippen MR) is 137 cm³/mol. The van der Waals surface area contributed by atoms with E-state index in [1.807, 2.05) is 72.8 Å². The lowest BCUT2D eigenvalue weighted by molar-refractivity contribution is 0.100. The lowest BCUT2D eigenvalue weighted by Crippen LogP contribution is -2.11. The maximum absolute atomic E-state index is 13.5. The van der Waals surface area contributed by atoms with E-state index in [1.54, 1.807) is 24.3 Å². The third kappa shape index (κ3) is 3.50. The second kappa shape index (κ2) is 8.45. The van der Waals surface area contributed by atoms with Crippen molar-refractivity contribution < 1.29 is 9.59 Å². The molecule has 0 aliphatic carbocycles. The topological polar surface area (TPSA) is 34.1 Å². The van der Waals surface area contributed by atoms with E-state index < -0.39 is 0 Å². The maximum atomic E-state index is 13.5. The molecule has 0 bridgehead atoms. The molecule has 4 heteroatoms. The molecule has 0 aromatic heterocycles. The lowest BCUT2D eigenvalue weighted by Gasteiger charge is -2.15. The number of fused-ring (bicyclic) bond motifs is 2. The fourth-order valence-electron chi connectivity index (χ4n) is 3.98. The van der Waals surface area contributed by atoms with Gasteiger partial charge in [-0.2, -0.15) is 0 Å². The van der Waals surface area contributed by atoms with Crippen molar-refractivity contribution in [1.29, 1.82) is 0 Å². The molecule has 0 amide bonds. The number of carbonyl (C=O) groups is 2. The second-order valence-corrected chi connectivity index (χ2v) is 9.09. The van der Waals surface area contributed by atoms with Gasteiger partial charge in [-0.1, -0.05) is 84.9 Å². The Kier molecular flexibility index (Phi) is 5.50. The van der Waals surface area contributed by atoms with Gasteiger partial charge in [-0.25, -0.2) is 0 Å². The van der Waals surface area contributed by atoms with Crippen molar-refractivity contribution in [3.8, 4) is 0 Å². The van der Waals surface area contributed by atoms with Gasteiger partial charge in [0.25, 0.3) is 0 Å². The number of ketones is 2. The van der Waals surface area contributed by atoms with Crippen LogP contribution in [0.25, 0.3) is 21.5 Å². The number of hydrogen-bond donors (Lipinski definition) is 0. The van der Waals surface area contributed by atoms with E-state index in [0.717, 1.165) is 30.5 Å². The summed E-state index contributed by atoms with van der Waals surface area (Å²) in [6.45, 7) is 0. The molecular formula is C28H16Br2O2. The van der Waals surface area contributed by atoms with Crippen molar-refractivity contribution in [2.24, 2.45) is 0 Å². The molecule has 0 saturated carbocycles. The number of benzene rings is 5. The molecule has 154 valence electrons.